The molecule has 0 fully saturated rings. The molecule has 0 aromatic rings. The number of hydrogen-bond donors (Lipinski definition) is 0. The van der Waals surface area contributed by atoms with Crippen molar-refractivity contribution in [2.75, 3.05) is 0 Å². The van der Waals surface area contributed by atoms with Gasteiger partial charge in [-0.2, -0.15) is 0 Å². The molecule has 1 nitrogen and oxygen atoms in total. The SMILES string of the molecule is CC1=[C+]SC(C=O)=C1. The van der Waals surface area contributed by atoms with Crippen LogP contribution in [0.1, 0.15) is 6.92 Å². The molecule has 0 atom stereocenters. The first kappa shape index (κ1) is 5.54. The molecule has 8 heavy (non-hydrogen) atoms. The van der Waals surface area contributed by atoms with Gasteiger partial charge in [-0.25, -0.2) is 0 Å². The third-order valence-corrected chi connectivity index (χ3v) is 1.68. The third kappa shape index (κ3) is 0.971. The van der Waals surface area contributed by atoms with Crippen molar-refractivity contribution >= 4 is 18.0 Å². The molecule has 1 heterocycles. The molecule has 0 radical (unpaired) electrons. The Hall–Kier alpha value is -0.590. The number of hydrogen-bond acceptors (Lipinski definition) is 2. The van der Waals surface area contributed by atoms with Crippen molar-refractivity contribution in [1.29, 1.82) is 0 Å². The minimum Gasteiger partial charge on any atom is -0.295 e. The maximum atomic E-state index is 10.0. The van der Waals surface area contributed by atoms with Crippen LogP contribution >= 0.6 is 11.8 Å². The Morgan fingerprint density at radius 2 is 2.62 bits per heavy atom. The summed E-state index contributed by atoms with van der Waals surface area (Å²) in [6.07, 6.45) is 2.66. The first-order valence-electron chi connectivity index (χ1n) is 2.26. The molecule has 1 rings (SSSR count). The van der Waals surface area contributed by atoms with E-state index in [-0.39, 0.29) is 0 Å². The Bertz CT molecular complexity index is 167. The monoisotopic (exact) mass is 125 g/mol. The normalized spacial score (nSPS) is 16.6. The van der Waals surface area contributed by atoms with E-state index in [1.54, 1.807) is 0 Å². The summed E-state index contributed by atoms with van der Waals surface area (Å²) < 4.78 is 0. The van der Waals surface area contributed by atoms with Crippen molar-refractivity contribution in [2.45, 2.75) is 6.92 Å². The maximum absolute atomic E-state index is 10.0. The average molecular weight is 125 g/mol. The van der Waals surface area contributed by atoms with Crippen LogP contribution in [0.3, 0.4) is 0 Å². The summed E-state index contributed by atoms with van der Waals surface area (Å²) in [7, 11) is 0. The standard InChI is InChI=1S/C6H5OS/c1-5-2-6(3-7)8-4-5/h2-3H,1H3/q+1. The third-order valence-electron chi connectivity index (χ3n) is 0.805. The summed E-state index contributed by atoms with van der Waals surface area (Å²) in [5, 5.41) is 2.93. The highest BCUT2D eigenvalue weighted by Crippen LogP contribution is 2.24. The summed E-state index contributed by atoms with van der Waals surface area (Å²) >= 11 is 1.36. The summed E-state index contributed by atoms with van der Waals surface area (Å²) in [6.45, 7) is 1.92. The topological polar surface area (TPSA) is 17.1 Å². The van der Waals surface area contributed by atoms with Gasteiger partial charge in [-0.3, -0.25) is 4.79 Å². The van der Waals surface area contributed by atoms with Crippen molar-refractivity contribution in [3.8, 4) is 0 Å². The molecule has 0 amide bonds. The second kappa shape index (κ2) is 2.12. The largest absolute Gasteiger partial charge is 0.295 e. The maximum Gasteiger partial charge on any atom is 0.179 e. The van der Waals surface area contributed by atoms with Crippen molar-refractivity contribution in [3.05, 3.63) is 22.0 Å². The van der Waals surface area contributed by atoms with Gasteiger partial charge in [0.2, 0.25) is 0 Å². The molecule has 0 unspecified atom stereocenters. The van der Waals surface area contributed by atoms with E-state index in [2.05, 4.69) is 5.41 Å². The van der Waals surface area contributed by atoms with E-state index in [9.17, 15) is 4.79 Å². The number of carbonyl (C=O) groups is 1. The van der Waals surface area contributed by atoms with Gasteiger partial charge in [-0.05, 0) is 0 Å². The molecule has 0 aliphatic carbocycles. The lowest BCUT2D eigenvalue weighted by Crippen LogP contribution is -1.68. The van der Waals surface area contributed by atoms with Crippen LogP contribution < -0.4 is 0 Å². The van der Waals surface area contributed by atoms with Crippen molar-refractivity contribution in [3.63, 3.8) is 0 Å². The predicted molar refractivity (Wildman–Crippen MR) is 34.2 cm³/mol. The highest BCUT2D eigenvalue weighted by Gasteiger charge is 2.14. The fourth-order valence-corrected chi connectivity index (χ4v) is 1.09. The second-order valence-electron chi connectivity index (χ2n) is 1.55. The molecule has 1 aliphatic rings. The fourth-order valence-electron chi connectivity index (χ4n) is 0.470. The van der Waals surface area contributed by atoms with Crippen LogP contribution in [-0.4, -0.2) is 6.29 Å². The molecule has 2 heteroatoms. The molecule has 0 bridgehead atoms. The molecule has 40 valence electrons. The zero-order valence-electron chi connectivity index (χ0n) is 4.47. The Kier molecular flexibility index (Phi) is 1.47. The Morgan fingerprint density at radius 1 is 1.88 bits per heavy atom. The van der Waals surface area contributed by atoms with Crippen LogP contribution in [0.15, 0.2) is 16.6 Å². The van der Waals surface area contributed by atoms with Crippen molar-refractivity contribution in [2.24, 2.45) is 0 Å². The molecule has 0 N–H and O–H groups in total. The van der Waals surface area contributed by atoms with E-state index < -0.39 is 0 Å². The van der Waals surface area contributed by atoms with Gasteiger partial charge in [0.15, 0.2) is 22.2 Å². The van der Waals surface area contributed by atoms with E-state index in [0.717, 1.165) is 16.8 Å². The number of rotatable bonds is 1. The molecular formula is C6H5OS+. The van der Waals surface area contributed by atoms with E-state index >= 15 is 0 Å². The molecule has 1 aliphatic heterocycles. The van der Waals surface area contributed by atoms with Crippen LogP contribution in [-0.2, 0) is 4.79 Å². The lowest BCUT2D eigenvalue weighted by atomic mass is 10.3. The summed E-state index contributed by atoms with van der Waals surface area (Å²) in [5.74, 6) is 0. The summed E-state index contributed by atoms with van der Waals surface area (Å²) in [4.78, 5) is 10.8. The van der Waals surface area contributed by atoms with E-state index in [1.165, 1.54) is 11.8 Å². The first-order chi connectivity index (χ1) is 3.83. The van der Waals surface area contributed by atoms with Gasteiger partial charge in [0.1, 0.15) is 11.8 Å². The van der Waals surface area contributed by atoms with E-state index in [1.807, 2.05) is 13.0 Å². The molecule has 0 aromatic heterocycles. The number of thioether (sulfide) groups is 1. The Morgan fingerprint density at radius 3 is 2.88 bits per heavy atom. The zero-order valence-corrected chi connectivity index (χ0v) is 5.29. The van der Waals surface area contributed by atoms with E-state index in [4.69, 9.17) is 0 Å². The van der Waals surface area contributed by atoms with Crippen molar-refractivity contribution in [1.82, 2.24) is 0 Å². The van der Waals surface area contributed by atoms with Crippen LogP contribution in [0, 0.1) is 5.41 Å². The predicted octanol–water partition coefficient (Wildman–Crippen LogP) is 1.52. The number of aldehydes is 1. The van der Waals surface area contributed by atoms with Crippen LogP contribution in [0.5, 0.6) is 0 Å². The smallest absolute Gasteiger partial charge is 0.179 e. The van der Waals surface area contributed by atoms with E-state index in [0.29, 0.717) is 0 Å². The van der Waals surface area contributed by atoms with Gasteiger partial charge in [-0.15, -0.1) is 0 Å². The van der Waals surface area contributed by atoms with Gasteiger partial charge in [0, 0.05) is 6.92 Å². The Labute approximate surface area is 52.5 Å². The van der Waals surface area contributed by atoms with Gasteiger partial charge in [0.25, 0.3) is 0 Å². The first-order valence-corrected chi connectivity index (χ1v) is 3.08. The average Bonchev–Trinajstić information content (AvgIpc) is 2.14. The molecule has 0 saturated heterocycles. The molecule has 0 spiro atoms. The lowest BCUT2D eigenvalue weighted by molar-refractivity contribution is -0.104. The minimum absolute atomic E-state index is 0.752. The quantitative estimate of drug-likeness (QED) is 0.390. The van der Waals surface area contributed by atoms with Crippen LogP contribution in [0.25, 0.3) is 0 Å². The van der Waals surface area contributed by atoms with Gasteiger partial charge in [0.05, 0.1) is 6.08 Å². The van der Waals surface area contributed by atoms with Gasteiger partial charge in [-0.1, -0.05) is 0 Å². The highest BCUT2D eigenvalue weighted by molar-refractivity contribution is 8.05. The summed E-state index contributed by atoms with van der Waals surface area (Å²) in [5.41, 5.74) is 1.04. The van der Waals surface area contributed by atoms with Crippen LogP contribution in [0.4, 0.5) is 0 Å². The number of allylic oxidation sites excluding steroid dienone is 3. The minimum atomic E-state index is 0.752. The molecular weight excluding hydrogens is 120 g/mol. The molecule has 0 aromatic carbocycles. The summed E-state index contributed by atoms with van der Waals surface area (Å²) in [6, 6.07) is 0. The van der Waals surface area contributed by atoms with Gasteiger partial charge >= 0.3 is 0 Å². The second-order valence-corrected chi connectivity index (χ2v) is 2.43. The Balaban J connectivity index is 2.69. The van der Waals surface area contributed by atoms with Crippen molar-refractivity contribution < 1.29 is 4.79 Å². The lowest BCUT2D eigenvalue weighted by Gasteiger charge is -1.65. The van der Waals surface area contributed by atoms with Gasteiger partial charge < -0.3 is 0 Å². The van der Waals surface area contributed by atoms with Crippen LogP contribution in [0.2, 0.25) is 0 Å². The number of carbonyl (C=O) groups excluding carboxylic acids is 1. The fraction of sp³-hybridized carbons (Fsp3) is 0.167. The highest BCUT2D eigenvalue weighted by atomic mass is 32.2. The zero-order chi connectivity index (χ0) is 5.98. The molecule has 0 saturated carbocycles.